The normalized spacial score (nSPS) is 11.9. The summed E-state index contributed by atoms with van der Waals surface area (Å²) in [6.45, 7) is 2.11. The maximum Gasteiger partial charge on any atom is 0.305 e. The highest BCUT2D eigenvalue weighted by atomic mass is 16.5. The van der Waals surface area contributed by atoms with Crippen molar-refractivity contribution in [3.05, 3.63) is 28.2 Å². The van der Waals surface area contributed by atoms with Crippen LogP contribution in [0.4, 0.5) is 0 Å². The number of aromatic nitrogens is 2. The van der Waals surface area contributed by atoms with Crippen LogP contribution in [0.5, 0.6) is 0 Å². The highest BCUT2D eigenvalue weighted by Gasteiger charge is 2.14. The van der Waals surface area contributed by atoms with Crippen molar-refractivity contribution in [3.8, 4) is 0 Å². The maximum atomic E-state index is 11.9. The van der Waals surface area contributed by atoms with Crippen LogP contribution < -0.4 is 10.9 Å². The van der Waals surface area contributed by atoms with Gasteiger partial charge in [0.2, 0.25) is 0 Å². The highest BCUT2D eigenvalue weighted by molar-refractivity contribution is 5.92. The second-order valence-corrected chi connectivity index (χ2v) is 4.25. The first-order valence-electron chi connectivity index (χ1n) is 6.03. The Balaban J connectivity index is 2.77. The van der Waals surface area contributed by atoms with Crippen molar-refractivity contribution in [1.29, 1.82) is 0 Å². The van der Waals surface area contributed by atoms with Crippen molar-refractivity contribution in [3.63, 3.8) is 0 Å². The summed E-state index contributed by atoms with van der Waals surface area (Å²) in [6, 6.07) is 2.01. The Morgan fingerprint density at radius 1 is 1.50 bits per heavy atom. The van der Waals surface area contributed by atoms with Crippen molar-refractivity contribution in [2.24, 2.45) is 0 Å². The standard InChI is InChI=1S/C12H17N3O5/c1-8(7-11(17)18)13-12(19)9-3-4-10(16)15(14-9)5-6-20-2/h3-4,8H,5-7H2,1-2H3,(H,13,19)(H,17,18). The minimum atomic E-state index is -1.00. The monoisotopic (exact) mass is 283 g/mol. The lowest BCUT2D eigenvalue weighted by atomic mass is 10.2. The molecule has 0 saturated heterocycles. The van der Waals surface area contributed by atoms with Gasteiger partial charge in [0.15, 0.2) is 0 Å². The third-order valence-corrected chi connectivity index (χ3v) is 2.46. The number of carboxylic acids is 1. The number of hydrogen-bond donors (Lipinski definition) is 2. The molecule has 8 heteroatoms. The Kier molecular flexibility index (Phi) is 5.85. The lowest BCUT2D eigenvalue weighted by Gasteiger charge is -2.11. The van der Waals surface area contributed by atoms with Crippen LogP contribution >= 0.6 is 0 Å². The van der Waals surface area contributed by atoms with E-state index in [2.05, 4.69) is 10.4 Å². The zero-order valence-corrected chi connectivity index (χ0v) is 11.3. The van der Waals surface area contributed by atoms with Gasteiger partial charge in [-0.05, 0) is 13.0 Å². The Labute approximate surface area is 115 Å². The predicted octanol–water partition coefficient (Wildman–Crippen LogP) is -0.517. The van der Waals surface area contributed by atoms with E-state index in [9.17, 15) is 14.4 Å². The average Bonchev–Trinajstić information content (AvgIpc) is 2.36. The summed E-state index contributed by atoms with van der Waals surface area (Å²) in [6.07, 6.45) is -0.185. The fraction of sp³-hybridized carbons (Fsp3) is 0.500. The van der Waals surface area contributed by atoms with Crippen molar-refractivity contribution in [1.82, 2.24) is 15.1 Å². The van der Waals surface area contributed by atoms with Crippen LogP contribution in [0.1, 0.15) is 23.8 Å². The third kappa shape index (κ3) is 4.81. The molecule has 2 N–H and O–H groups in total. The Bertz CT molecular complexity index is 540. The molecule has 110 valence electrons. The first-order valence-corrected chi connectivity index (χ1v) is 6.03. The fourth-order valence-electron chi connectivity index (χ4n) is 1.52. The number of methoxy groups -OCH3 is 1. The molecule has 1 aromatic heterocycles. The van der Waals surface area contributed by atoms with Gasteiger partial charge in [0.1, 0.15) is 5.69 Å². The van der Waals surface area contributed by atoms with Crippen LogP contribution in [0.3, 0.4) is 0 Å². The minimum Gasteiger partial charge on any atom is -0.481 e. The lowest BCUT2D eigenvalue weighted by Crippen LogP contribution is -2.36. The van der Waals surface area contributed by atoms with Crippen molar-refractivity contribution in [2.75, 3.05) is 13.7 Å². The number of aliphatic carboxylic acids is 1. The number of ether oxygens (including phenoxy) is 1. The molecule has 0 fully saturated rings. The van der Waals surface area contributed by atoms with E-state index in [4.69, 9.17) is 9.84 Å². The summed E-state index contributed by atoms with van der Waals surface area (Å²) < 4.78 is 5.97. The molecule has 8 nitrogen and oxygen atoms in total. The summed E-state index contributed by atoms with van der Waals surface area (Å²) in [5, 5.41) is 15.0. The van der Waals surface area contributed by atoms with Crippen LogP contribution in [0.2, 0.25) is 0 Å². The molecule has 1 rings (SSSR count). The number of carbonyl (C=O) groups is 2. The number of amides is 1. The van der Waals surface area contributed by atoms with Crippen molar-refractivity contribution in [2.45, 2.75) is 25.9 Å². The van der Waals surface area contributed by atoms with E-state index in [1.165, 1.54) is 19.2 Å². The van der Waals surface area contributed by atoms with Gasteiger partial charge in [0, 0.05) is 19.2 Å². The van der Waals surface area contributed by atoms with Gasteiger partial charge in [0.25, 0.3) is 11.5 Å². The molecule has 1 unspecified atom stereocenters. The second kappa shape index (κ2) is 7.39. The van der Waals surface area contributed by atoms with Gasteiger partial charge in [-0.15, -0.1) is 0 Å². The summed E-state index contributed by atoms with van der Waals surface area (Å²) in [7, 11) is 1.50. The first kappa shape index (κ1) is 15.8. The van der Waals surface area contributed by atoms with Gasteiger partial charge >= 0.3 is 5.97 Å². The number of rotatable bonds is 7. The third-order valence-electron chi connectivity index (χ3n) is 2.46. The van der Waals surface area contributed by atoms with E-state index in [1.54, 1.807) is 6.92 Å². The Morgan fingerprint density at radius 2 is 2.20 bits per heavy atom. The summed E-state index contributed by atoms with van der Waals surface area (Å²) in [5.41, 5.74) is -0.282. The molecular formula is C12H17N3O5. The number of nitrogens with one attached hydrogen (secondary N) is 1. The molecule has 0 aromatic carbocycles. The molecule has 1 heterocycles. The molecule has 0 aliphatic rings. The topological polar surface area (TPSA) is 111 Å². The molecule has 0 spiro atoms. The number of carboxylic acid groups (broad SMARTS) is 1. The lowest BCUT2D eigenvalue weighted by molar-refractivity contribution is -0.137. The van der Waals surface area contributed by atoms with Crippen LogP contribution in [0, 0.1) is 0 Å². The molecule has 0 saturated carbocycles. The Morgan fingerprint density at radius 3 is 2.80 bits per heavy atom. The summed E-state index contributed by atoms with van der Waals surface area (Å²) >= 11 is 0. The average molecular weight is 283 g/mol. The van der Waals surface area contributed by atoms with E-state index < -0.39 is 17.9 Å². The number of carbonyl (C=O) groups excluding carboxylic acids is 1. The zero-order valence-electron chi connectivity index (χ0n) is 11.3. The molecule has 20 heavy (non-hydrogen) atoms. The van der Waals surface area contributed by atoms with Gasteiger partial charge < -0.3 is 15.2 Å². The van der Waals surface area contributed by atoms with Crippen molar-refractivity contribution >= 4 is 11.9 Å². The van der Waals surface area contributed by atoms with E-state index >= 15 is 0 Å². The zero-order chi connectivity index (χ0) is 15.1. The van der Waals surface area contributed by atoms with Gasteiger partial charge in [-0.3, -0.25) is 14.4 Å². The van der Waals surface area contributed by atoms with Crippen molar-refractivity contribution < 1.29 is 19.4 Å². The minimum absolute atomic E-state index is 0.0536. The molecule has 1 atom stereocenters. The van der Waals surface area contributed by atoms with Crippen LogP contribution in [-0.2, 0) is 16.1 Å². The van der Waals surface area contributed by atoms with Crippen LogP contribution in [0.25, 0.3) is 0 Å². The number of hydrogen-bond acceptors (Lipinski definition) is 5. The summed E-state index contributed by atoms with van der Waals surface area (Å²) in [5.74, 6) is -1.53. The summed E-state index contributed by atoms with van der Waals surface area (Å²) in [4.78, 5) is 33.9. The quantitative estimate of drug-likeness (QED) is 0.697. The largest absolute Gasteiger partial charge is 0.481 e. The molecule has 0 bridgehead atoms. The van der Waals surface area contributed by atoms with Crippen LogP contribution in [-0.4, -0.2) is 46.5 Å². The molecular weight excluding hydrogens is 266 g/mol. The smallest absolute Gasteiger partial charge is 0.305 e. The number of nitrogens with zero attached hydrogens (tertiary/aromatic N) is 2. The predicted molar refractivity (Wildman–Crippen MR) is 69.6 cm³/mol. The van der Waals surface area contributed by atoms with E-state index in [0.717, 1.165) is 4.68 Å². The molecule has 0 aliphatic heterocycles. The highest BCUT2D eigenvalue weighted by Crippen LogP contribution is 1.96. The molecule has 0 radical (unpaired) electrons. The molecule has 1 amide bonds. The molecule has 0 aliphatic carbocycles. The van der Waals surface area contributed by atoms with Gasteiger partial charge in [-0.2, -0.15) is 5.10 Å². The molecule has 1 aromatic rings. The second-order valence-electron chi connectivity index (χ2n) is 4.25. The van der Waals surface area contributed by atoms with E-state index in [0.29, 0.717) is 6.61 Å². The van der Waals surface area contributed by atoms with E-state index in [1.807, 2.05) is 0 Å². The van der Waals surface area contributed by atoms with Gasteiger partial charge in [-0.25, -0.2) is 4.68 Å². The Hall–Kier alpha value is -2.22. The fourth-order valence-corrected chi connectivity index (χ4v) is 1.52. The van der Waals surface area contributed by atoms with Crippen LogP contribution in [0.15, 0.2) is 16.9 Å². The first-order chi connectivity index (χ1) is 9.43. The van der Waals surface area contributed by atoms with Gasteiger partial charge in [0.05, 0.1) is 19.6 Å². The SMILES string of the molecule is COCCn1nc(C(=O)NC(C)CC(=O)O)ccc1=O. The van der Waals surface area contributed by atoms with Gasteiger partial charge in [-0.1, -0.05) is 0 Å². The maximum absolute atomic E-state index is 11.9. The van der Waals surface area contributed by atoms with E-state index in [-0.39, 0.29) is 24.2 Å².